The first kappa shape index (κ1) is 21.5. The molecule has 0 radical (unpaired) electrons. The van der Waals surface area contributed by atoms with E-state index in [1.807, 2.05) is 0 Å². The third-order valence-corrected chi connectivity index (χ3v) is 7.63. The molecule has 6 atom stereocenters. The number of hydroxylamine groups is 1. The molecular formula is C21H42N6O2+2. The number of rotatable bonds is 6. The summed E-state index contributed by atoms with van der Waals surface area (Å²) in [6.45, 7) is 10.3. The van der Waals surface area contributed by atoms with Crippen LogP contribution in [0, 0.1) is 17.8 Å². The highest BCUT2D eigenvalue weighted by molar-refractivity contribution is 5.76. The Morgan fingerprint density at radius 2 is 2.07 bits per heavy atom. The Bertz CT molecular complexity index is 553. The average Bonchev–Trinajstić information content (AvgIpc) is 3.37. The summed E-state index contributed by atoms with van der Waals surface area (Å²) >= 11 is 0. The molecule has 4 heterocycles. The molecule has 8 heteroatoms. The van der Waals surface area contributed by atoms with Crippen LogP contribution in [0.2, 0.25) is 0 Å². The summed E-state index contributed by atoms with van der Waals surface area (Å²) in [5.74, 6) is 1.25. The van der Waals surface area contributed by atoms with Gasteiger partial charge < -0.3 is 16.0 Å². The van der Waals surface area contributed by atoms with E-state index in [2.05, 4.69) is 34.9 Å². The zero-order chi connectivity index (χ0) is 20.4. The van der Waals surface area contributed by atoms with Crippen molar-refractivity contribution >= 4 is 5.91 Å². The van der Waals surface area contributed by atoms with E-state index in [0.29, 0.717) is 18.1 Å². The predicted molar refractivity (Wildman–Crippen MR) is 110 cm³/mol. The summed E-state index contributed by atoms with van der Waals surface area (Å²) in [6.07, 6.45) is 7.64. The highest BCUT2D eigenvalue weighted by atomic mass is 16.7. The number of piperidine rings is 2. The minimum absolute atomic E-state index is 0.0701. The molecule has 8 nitrogen and oxygen atoms in total. The first-order valence-corrected chi connectivity index (χ1v) is 11.9. The van der Waals surface area contributed by atoms with E-state index in [0.717, 1.165) is 44.8 Å². The quantitative estimate of drug-likeness (QED) is 0.348. The number of hydrogen-bond acceptors (Lipinski definition) is 5. The Balaban J connectivity index is 1.28. The second-order valence-corrected chi connectivity index (χ2v) is 10.1. The molecule has 0 aromatic heterocycles. The minimum atomic E-state index is -0.127. The second-order valence-electron chi connectivity index (χ2n) is 10.1. The van der Waals surface area contributed by atoms with Crippen LogP contribution in [0.3, 0.4) is 0 Å². The number of nitrogens with zero attached hydrogens (tertiary/aromatic N) is 1. The smallest absolute Gasteiger partial charge is 0.220 e. The van der Waals surface area contributed by atoms with Gasteiger partial charge in [-0.1, -0.05) is 13.8 Å². The third-order valence-electron chi connectivity index (χ3n) is 7.63. The number of amides is 1. The standard InChI is InChI=1S/C21H40N6O2/c1-14(2)13-27-9-3-4-17(27)21-24-20(25-29-21)16-5-8-23-18(12-16)26-10-6-15(7-11-26)19(22)28/h14-18,20-21,23-25H,3-13H2,1-2H3,(H2,22,28)/p+2/t16?,17-,18?,20?,21?/m0/s1. The van der Waals surface area contributed by atoms with Crippen LogP contribution in [-0.4, -0.2) is 68.1 Å². The minimum Gasteiger partial charge on any atom is -0.369 e. The Hall–Kier alpha value is -0.770. The van der Waals surface area contributed by atoms with Gasteiger partial charge in [0, 0.05) is 56.5 Å². The normalized spacial score (nSPS) is 40.0. The molecule has 4 saturated heterocycles. The molecule has 4 rings (SSSR count). The summed E-state index contributed by atoms with van der Waals surface area (Å²) < 4.78 is 0. The molecule has 0 aliphatic carbocycles. The van der Waals surface area contributed by atoms with Crippen LogP contribution >= 0.6 is 0 Å². The Kier molecular flexibility index (Phi) is 7.09. The van der Waals surface area contributed by atoms with E-state index in [1.54, 1.807) is 4.90 Å². The number of carbonyl (C=O) groups excluding carboxylic acids is 1. The number of nitrogens with two attached hydrogens (primary N) is 2. The molecule has 0 spiro atoms. The Morgan fingerprint density at radius 1 is 1.28 bits per heavy atom. The summed E-state index contributed by atoms with van der Waals surface area (Å²) in [4.78, 5) is 21.8. The molecule has 0 aromatic carbocycles. The van der Waals surface area contributed by atoms with Crippen molar-refractivity contribution in [1.29, 1.82) is 0 Å². The van der Waals surface area contributed by atoms with Crippen molar-refractivity contribution in [2.24, 2.45) is 23.5 Å². The van der Waals surface area contributed by atoms with Crippen LogP contribution in [0.4, 0.5) is 0 Å². The monoisotopic (exact) mass is 410 g/mol. The van der Waals surface area contributed by atoms with Crippen molar-refractivity contribution in [1.82, 2.24) is 15.7 Å². The molecule has 4 fully saturated rings. The summed E-state index contributed by atoms with van der Waals surface area (Å²) in [5, 5.41) is 6.29. The average molecular weight is 411 g/mol. The Morgan fingerprint density at radius 3 is 2.79 bits per heavy atom. The molecule has 166 valence electrons. The topological polar surface area (TPSA) is 101 Å². The van der Waals surface area contributed by atoms with Crippen LogP contribution < -0.4 is 26.7 Å². The van der Waals surface area contributed by atoms with Gasteiger partial charge in [0.15, 0.2) is 6.23 Å². The third kappa shape index (κ3) is 5.11. The van der Waals surface area contributed by atoms with E-state index >= 15 is 0 Å². The Labute approximate surface area is 175 Å². The SMILES string of the molecule is CC(C)C[NH+]1CCC[C@H]1C1NC(C2CC[NH2+]C(N3CCC(C(N)=O)CC3)C2)NO1. The van der Waals surface area contributed by atoms with Gasteiger partial charge in [-0.25, -0.2) is 0 Å². The van der Waals surface area contributed by atoms with Gasteiger partial charge in [-0.2, -0.15) is 5.48 Å². The van der Waals surface area contributed by atoms with Crippen molar-refractivity contribution < 1.29 is 19.8 Å². The van der Waals surface area contributed by atoms with Gasteiger partial charge in [0.05, 0.1) is 25.8 Å². The lowest BCUT2D eigenvalue weighted by atomic mass is 9.90. The molecule has 0 aromatic rings. The summed E-state index contributed by atoms with van der Waals surface area (Å²) in [7, 11) is 0. The fourth-order valence-electron chi connectivity index (χ4n) is 6.05. The van der Waals surface area contributed by atoms with Gasteiger partial charge in [-0.3, -0.25) is 19.8 Å². The van der Waals surface area contributed by atoms with Gasteiger partial charge >= 0.3 is 0 Å². The summed E-state index contributed by atoms with van der Waals surface area (Å²) in [6, 6.07) is 0.564. The maximum absolute atomic E-state index is 11.4. The largest absolute Gasteiger partial charge is 0.369 e. The molecular weight excluding hydrogens is 368 g/mol. The van der Waals surface area contributed by atoms with Gasteiger partial charge in [0.25, 0.3) is 0 Å². The number of primary amides is 1. The van der Waals surface area contributed by atoms with Crippen molar-refractivity contribution in [3.05, 3.63) is 0 Å². The van der Waals surface area contributed by atoms with Crippen LogP contribution in [0.1, 0.15) is 52.4 Å². The zero-order valence-electron chi connectivity index (χ0n) is 18.2. The predicted octanol–water partition coefficient (Wildman–Crippen LogP) is -2.04. The second kappa shape index (κ2) is 9.58. The van der Waals surface area contributed by atoms with E-state index in [-0.39, 0.29) is 24.2 Å². The molecule has 0 bridgehead atoms. The number of nitrogens with one attached hydrogen (secondary N) is 3. The van der Waals surface area contributed by atoms with E-state index in [4.69, 9.17) is 10.6 Å². The van der Waals surface area contributed by atoms with Crippen molar-refractivity contribution in [2.75, 3.05) is 32.7 Å². The maximum Gasteiger partial charge on any atom is 0.220 e. The van der Waals surface area contributed by atoms with Crippen molar-refractivity contribution in [3.63, 3.8) is 0 Å². The van der Waals surface area contributed by atoms with Crippen LogP contribution in [0.25, 0.3) is 0 Å². The lowest BCUT2D eigenvalue weighted by Gasteiger charge is -2.39. The first-order valence-electron chi connectivity index (χ1n) is 11.9. The van der Waals surface area contributed by atoms with Gasteiger partial charge in [0.1, 0.15) is 12.2 Å². The molecule has 7 N–H and O–H groups in total. The molecule has 29 heavy (non-hydrogen) atoms. The number of quaternary nitrogens is 2. The molecule has 4 aliphatic rings. The lowest BCUT2D eigenvalue weighted by Crippen LogP contribution is -3.15. The van der Waals surface area contributed by atoms with Gasteiger partial charge in [0.2, 0.25) is 5.91 Å². The number of hydrogen-bond donors (Lipinski definition) is 5. The van der Waals surface area contributed by atoms with E-state index < -0.39 is 0 Å². The fraction of sp³-hybridized carbons (Fsp3) is 0.952. The van der Waals surface area contributed by atoms with Crippen LogP contribution in [0.5, 0.6) is 0 Å². The van der Waals surface area contributed by atoms with Gasteiger partial charge in [-0.05, 0) is 12.8 Å². The number of carbonyl (C=O) groups is 1. The highest BCUT2D eigenvalue weighted by Gasteiger charge is 2.44. The summed E-state index contributed by atoms with van der Waals surface area (Å²) in [5.41, 5.74) is 8.85. The number of likely N-dealkylation sites (tertiary alicyclic amines) is 2. The zero-order valence-corrected chi connectivity index (χ0v) is 18.2. The molecule has 4 aliphatic heterocycles. The van der Waals surface area contributed by atoms with Crippen molar-refractivity contribution in [2.45, 2.75) is 77.0 Å². The fourth-order valence-corrected chi connectivity index (χ4v) is 6.05. The first-order chi connectivity index (χ1) is 14.0. The van der Waals surface area contributed by atoms with E-state index in [1.165, 1.54) is 32.4 Å². The molecule has 1 amide bonds. The maximum atomic E-state index is 11.4. The highest BCUT2D eigenvalue weighted by Crippen LogP contribution is 2.25. The molecule has 5 unspecified atom stereocenters. The lowest BCUT2D eigenvalue weighted by molar-refractivity contribution is -0.919. The van der Waals surface area contributed by atoms with Crippen molar-refractivity contribution in [3.8, 4) is 0 Å². The van der Waals surface area contributed by atoms with Gasteiger partial charge in [-0.15, -0.1) is 0 Å². The van der Waals surface area contributed by atoms with E-state index in [9.17, 15) is 4.79 Å². The molecule has 0 saturated carbocycles. The van der Waals surface area contributed by atoms with Crippen LogP contribution in [0.15, 0.2) is 0 Å². The van der Waals surface area contributed by atoms with Crippen LogP contribution in [-0.2, 0) is 9.63 Å².